The van der Waals surface area contributed by atoms with Crippen molar-refractivity contribution in [3.05, 3.63) is 28.8 Å². The SMILES string of the molecule is Cc1cc(C)c(O)c([13CH2][13CH3])c1. The summed E-state index contributed by atoms with van der Waals surface area (Å²) in [6, 6.07) is 4.02. The Hall–Kier alpha value is -0.980. The molecule has 1 heteroatoms. The van der Waals surface area contributed by atoms with E-state index in [1.807, 2.05) is 32.9 Å². The van der Waals surface area contributed by atoms with Crippen molar-refractivity contribution in [2.75, 3.05) is 0 Å². The molecule has 0 spiro atoms. The maximum absolute atomic E-state index is 9.52. The molecule has 0 heterocycles. The Morgan fingerprint density at radius 3 is 2.45 bits per heavy atom. The van der Waals surface area contributed by atoms with E-state index >= 15 is 0 Å². The summed E-state index contributed by atoms with van der Waals surface area (Å²) >= 11 is 0. The lowest BCUT2D eigenvalue weighted by Crippen LogP contribution is -1.86. The molecule has 0 saturated heterocycles. The molecule has 0 fully saturated rings. The van der Waals surface area contributed by atoms with Crippen LogP contribution in [0.25, 0.3) is 0 Å². The molecule has 60 valence electrons. The maximum atomic E-state index is 9.52. The number of hydrogen-bond donors (Lipinski definition) is 1. The van der Waals surface area contributed by atoms with Gasteiger partial charge in [-0.3, -0.25) is 0 Å². The fraction of sp³-hybridized carbons (Fsp3) is 0.400. The van der Waals surface area contributed by atoms with Crippen molar-refractivity contribution < 1.29 is 5.11 Å². The van der Waals surface area contributed by atoms with Crippen LogP contribution in [0.15, 0.2) is 12.1 Å². The van der Waals surface area contributed by atoms with Crippen molar-refractivity contribution in [1.29, 1.82) is 0 Å². The van der Waals surface area contributed by atoms with E-state index in [-0.39, 0.29) is 0 Å². The Balaban J connectivity index is 3.24. The first-order valence-electron chi connectivity index (χ1n) is 3.94. The molecule has 0 aliphatic carbocycles. The molecule has 0 unspecified atom stereocenters. The second-order valence-electron chi connectivity index (χ2n) is 2.94. The van der Waals surface area contributed by atoms with Crippen LogP contribution in [0.1, 0.15) is 23.6 Å². The summed E-state index contributed by atoms with van der Waals surface area (Å²) in [6.07, 6.45) is 0.897. The molecule has 0 bridgehead atoms. The van der Waals surface area contributed by atoms with E-state index in [9.17, 15) is 5.11 Å². The summed E-state index contributed by atoms with van der Waals surface area (Å²) < 4.78 is 0. The Labute approximate surface area is 67.7 Å². The van der Waals surface area contributed by atoms with Gasteiger partial charge in [0.25, 0.3) is 0 Å². The first-order chi connectivity index (χ1) is 5.15. The third kappa shape index (κ3) is 1.53. The molecule has 1 aromatic rings. The van der Waals surface area contributed by atoms with E-state index in [2.05, 4.69) is 0 Å². The van der Waals surface area contributed by atoms with Gasteiger partial charge in [0, 0.05) is 0 Å². The van der Waals surface area contributed by atoms with Crippen molar-refractivity contribution in [2.45, 2.75) is 27.2 Å². The maximum Gasteiger partial charge on any atom is 0.121 e. The van der Waals surface area contributed by atoms with Crippen LogP contribution in [-0.2, 0) is 6.42 Å². The van der Waals surface area contributed by atoms with Crippen molar-refractivity contribution in [2.24, 2.45) is 0 Å². The lowest BCUT2D eigenvalue weighted by molar-refractivity contribution is 0.464. The predicted octanol–water partition coefficient (Wildman–Crippen LogP) is 2.57. The lowest BCUT2D eigenvalue weighted by atomic mass is 10.1. The number of hydrogen-bond acceptors (Lipinski definition) is 1. The summed E-state index contributed by atoms with van der Waals surface area (Å²) in [4.78, 5) is 0. The molecule has 1 nitrogen and oxygen atoms in total. The number of phenols is 1. The van der Waals surface area contributed by atoms with Gasteiger partial charge in [-0.05, 0) is 31.4 Å². The largest absolute Gasteiger partial charge is 0.507 e. The minimum atomic E-state index is 0.457. The van der Waals surface area contributed by atoms with E-state index in [0.717, 1.165) is 17.5 Å². The highest BCUT2D eigenvalue weighted by Crippen LogP contribution is 2.23. The minimum Gasteiger partial charge on any atom is -0.507 e. The molecule has 0 aliphatic rings. The monoisotopic (exact) mass is 152 g/mol. The van der Waals surface area contributed by atoms with Crippen LogP contribution in [0.3, 0.4) is 0 Å². The molecule has 0 aliphatic heterocycles. The van der Waals surface area contributed by atoms with E-state index in [0.29, 0.717) is 5.75 Å². The molecule has 0 radical (unpaired) electrons. The normalized spacial score (nSPS) is 10.1. The van der Waals surface area contributed by atoms with Gasteiger partial charge < -0.3 is 5.11 Å². The topological polar surface area (TPSA) is 20.2 Å². The van der Waals surface area contributed by atoms with E-state index in [1.165, 1.54) is 5.56 Å². The van der Waals surface area contributed by atoms with E-state index < -0.39 is 0 Å². The van der Waals surface area contributed by atoms with Gasteiger partial charge >= 0.3 is 0 Å². The van der Waals surface area contributed by atoms with Crippen LogP contribution in [0.5, 0.6) is 5.75 Å². The van der Waals surface area contributed by atoms with E-state index in [1.54, 1.807) is 0 Å². The Morgan fingerprint density at radius 1 is 1.27 bits per heavy atom. The zero-order valence-electron chi connectivity index (χ0n) is 7.31. The van der Waals surface area contributed by atoms with Crippen LogP contribution < -0.4 is 0 Å². The highest BCUT2D eigenvalue weighted by atomic mass is 16.3. The lowest BCUT2D eigenvalue weighted by Gasteiger charge is -2.05. The second kappa shape index (κ2) is 2.95. The number of phenolic OH excluding ortho intramolecular Hbond substituents is 1. The van der Waals surface area contributed by atoms with E-state index in [4.69, 9.17) is 0 Å². The molecule has 0 amide bonds. The summed E-state index contributed by atoms with van der Waals surface area (Å²) in [5.41, 5.74) is 3.24. The Morgan fingerprint density at radius 2 is 1.91 bits per heavy atom. The van der Waals surface area contributed by atoms with Gasteiger partial charge in [0.2, 0.25) is 0 Å². The average molecular weight is 152 g/mol. The number of benzene rings is 1. The van der Waals surface area contributed by atoms with Gasteiger partial charge in [-0.1, -0.05) is 24.6 Å². The van der Waals surface area contributed by atoms with Gasteiger partial charge in [-0.2, -0.15) is 0 Å². The standard InChI is InChI=1S/C10H14O/c1-4-9-6-7(2)5-8(3)10(9)11/h5-6,11H,4H2,1-3H3/i1+1,4+1. The highest BCUT2D eigenvalue weighted by molar-refractivity contribution is 5.42. The van der Waals surface area contributed by atoms with Crippen molar-refractivity contribution in [3.63, 3.8) is 0 Å². The summed E-state index contributed by atoms with van der Waals surface area (Å²) in [5.74, 6) is 0.457. The first-order valence-corrected chi connectivity index (χ1v) is 3.94. The van der Waals surface area contributed by atoms with Crippen molar-refractivity contribution in [1.82, 2.24) is 0 Å². The predicted molar refractivity (Wildman–Crippen MR) is 47.0 cm³/mol. The zero-order valence-corrected chi connectivity index (χ0v) is 7.31. The van der Waals surface area contributed by atoms with Crippen molar-refractivity contribution >= 4 is 0 Å². The molecule has 1 aromatic carbocycles. The number of aromatic hydroxyl groups is 1. The molecular weight excluding hydrogens is 138 g/mol. The van der Waals surface area contributed by atoms with Gasteiger partial charge in [-0.15, -0.1) is 0 Å². The third-order valence-corrected chi connectivity index (χ3v) is 1.90. The van der Waals surface area contributed by atoms with Gasteiger partial charge in [0.1, 0.15) is 5.75 Å². The van der Waals surface area contributed by atoms with Crippen LogP contribution in [-0.4, -0.2) is 5.11 Å². The molecule has 1 N–H and O–H groups in total. The first kappa shape index (κ1) is 8.12. The van der Waals surface area contributed by atoms with Gasteiger partial charge in [0.05, 0.1) is 0 Å². The van der Waals surface area contributed by atoms with Crippen LogP contribution >= 0.6 is 0 Å². The van der Waals surface area contributed by atoms with Crippen LogP contribution in [0.4, 0.5) is 0 Å². The number of aryl methyl sites for hydroxylation is 3. The van der Waals surface area contributed by atoms with Crippen molar-refractivity contribution in [3.8, 4) is 5.75 Å². The summed E-state index contributed by atoms with van der Waals surface area (Å²) in [7, 11) is 0. The quantitative estimate of drug-likeness (QED) is 0.613. The molecule has 0 atom stereocenters. The average Bonchev–Trinajstić information content (AvgIpc) is 1.96. The fourth-order valence-corrected chi connectivity index (χ4v) is 1.32. The molecule has 0 saturated carbocycles. The second-order valence-corrected chi connectivity index (χ2v) is 2.94. The molecule has 1 rings (SSSR count). The van der Waals surface area contributed by atoms with Gasteiger partial charge in [-0.25, -0.2) is 0 Å². The van der Waals surface area contributed by atoms with Crippen LogP contribution in [0.2, 0.25) is 0 Å². The smallest absolute Gasteiger partial charge is 0.121 e. The third-order valence-electron chi connectivity index (χ3n) is 1.90. The zero-order chi connectivity index (χ0) is 8.43. The molecular formula is C10H14O. The molecule has 11 heavy (non-hydrogen) atoms. The fourth-order valence-electron chi connectivity index (χ4n) is 1.32. The van der Waals surface area contributed by atoms with Crippen LogP contribution in [0, 0.1) is 13.8 Å². The Kier molecular flexibility index (Phi) is 2.18. The highest BCUT2D eigenvalue weighted by Gasteiger charge is 2.02. The number of rotatable bonds is 1. The van der Waals surface area contributed by atoms with Gasteiger partial charge in [0.15, 0.2) is 0 Å². The summed E-state index contributed by atoms with van der Waals surface area (Å²) in [5, 5.41) is 9.52. The minimum absolute atomic E-state index is 0.457. The molecule has 0 aromatic heterocycles. The Bertz CT molecular complexity index is 264. The summed E-state index contributed by atoms with van der Waals surface area (Å²) in [6.45, 7) is 6.03.